The molecule has 1 saturated carbocycles. The molecular formula is C27H35N5O2S. The molecule has 0 aliphatic heterocycles. The summed E-state index contributed by atoms with van der Waals surface area (Å²) in [5, 5.41) is 3.57. The van der Waals surface area contributed by atoms with Crippen LogP contribution >= 0.6 is 11.8 Å². The average Bonchev–Trinajstić information content (AvgIpc) is 3.35. The summed E-state index contributed by atoms with van der Waals surface area (Å²) in [6, 6.07) is 11.8. The zero-order valence-electron chi connectivity index (χ0n) is 21.1. The van der Waals surface area contributed by atoms with Crippen LogP contribution in [-0.2, 0) is 17.7 Å². The Morgan fingerprint density at radius 2 is 1.94 bits per heavy atom. The number of carbonyl (C=O) groups is 1. The maximum absolute atomic E-state index is 12.5. The molecule has 3 aromatic rings. The van der Waals surface area contributed by atoms with Crippen LogP contribution in [0.1, 0.15) is 80.6 Å². The molecule has 1 amide bonds. The first-order valence-corrected chi connectivity index (χ1v) is 13.3. The normalized spacial score (nSPS) is 14.6. The third kappa shape index (κ3) is 6.84. The lowest BCUT2D eigenvalue weighted by Crippen LogP contribution is -2.34. The second-order valence-corrected chi connectivity index (χ2v) is 11.0. The van der Waals surface area contributed by atoms with Crippen molar-refractivity contribution in [3.63, 3.8) is 0 Å². The number of thioether (sulfide) groups is 1. The predicted octanol–water partition coefficient (Wildman–Crippen LogP) is 5.75. The molecule has 7 nitrogen and oxygen atoms in total. The summed E-state index contributed by atoms with van der Waals surface area (Å²) >= 11 is 1.53. The molecule has 0 atom stereocenters. The molecule has 3 heterocycles. The van der Waals surface area contributed by atoms with Gasteiger partial charge in [-0.3, -0.25) is 9.78 Å². The van der Waals surface area contributed by atoms with Gasteiger partial charge >= 0.3 is 0 Å². The van der Waals surface area contributed by atoms with E-state index in [1.807, 2.05) is 24.3 Å². The van der Waals surface area contributed by atoms with Gasteiger partial charge in [-0.25, -0.2) is 9.97 Å². The summed E-state index contributed by atoms with van der Waals surface area (Å²) in [4.78, 5) is 28.8. The lowest BCUT2D eigenvalue weighted by Gasteiger charge is -2.33. The van der Waals surface area contributed by atoms with Gasteiger partial charge in [0.05, 0.1) is 23.7 Å². The van der Waals surface area contributed by atoms with Gasteiger partial charge in [-0.2, -0.15) is 0 Å². The molecule has 35 heavy (non-hydrogen) atoms. The van der Waals surface area contributed by atoms with E-state index < -0.39 is 0 Å². The Morgan fingerprint density at radius 3 is 2.66 bits per heavy atom. The summed E-state index contributed by atoms with van der Waals surface area (Å²) in [5.41, 5.74) is 1.75. The predicted molar refractivity (Wildman–Crippen MR) is 140 cm³/mol. The standard InChI is InChI=1S/C27H35N5O2S/c1-27(2,3)23-16-24(32(4)20-11-6-5-7-12-20)31-26(30-23)35-18-21-13-14-22(34-21)25(33)29-17-19-10-8-9-15-28-19/h8-10,13-16,20H,5-7,11-12,17-18H2,1-4H3,(H,29,33). The second kappa shape index (κ2) is 11.2. The molecule has 0 radical (unpaired) electrons. The Balaban J connectivity index is 1.42. The Kier molecular flexibility index (Phi) is 8.11. The van der Waals surface area contributed by atoms with Crippen molar-refractivity contribution in [3.05, 3.63) is 65.5 Å². The minimum atomic E-state index is -0.255. The van der Waals surface area contributed by atoms with E-state index in [0.717, 1.165) is 22.4 Å². The van der Waals surface area contributed by atoms with Crippen molar-refractivity contribution in [1.29, 1.82) is 0 Å². The SMILES string of the molecule is CN(c1cc(C(C)(C)C)nc(SCc2ccc(C(=O)NCc3ccccn3)o2)n1)C1CCCCC1. The number of anilines is 1. The fourth-order valence-corrected chi connectivity index (χ4v) is 4.92. The van der Waals surface area contributed by atoms with Crippen LogP contribution in [0.5, 0.6) is 0 Å². The van der Waals surface area contributed by atoms with Gasteiger partial charge in [0.25, 0.3) is 5.91 Å². The number of hydrogen-bond acceptors (Lipinski definition) is 7. The highest BCUT2D eigenvalue weighted by atomic mass is 32.2. The maximum Gasteiger partial charge on any atom is 0.287 e. The van der Waals surface area contributed by atoms with Crippen molar-refractivity contribution in [1.82, 2.24) is 20.3 Å². The van der Waals surface area contributed by atoms with Crippen molar-refractivity contribution < 1.29 is 9.21 Å². The van der Waals surface area contributed by atoms with Crippen LogP contribution in [0.25, 0.3) is 0 Å². The Hall–Kier alpha value is -2.87. The monoisotopic (exact) mass is 493 g/mol. The number of nitrogens with zero attached hydrogens (tertiary/aromatic N) is 4. The van der Waals surface area contributed by atoms with E-state index in [1.54, 1.807) is 12.3 Å². The number of hydrogen-bond donors (Lipinski definition) is 1. The van der Waals surface area contributed by atoms with Crippen molar-refractivity contribution in [3.8, 4) is 0 Å². The third-order valence-electron chi connectivity index (χ3n) is 6.33. The number of nitrogens with one attached hydrogen (secondary N) is 1. The fraction of sp³-hybridized carbons (Fsp3) is 0.481. The van der Waals surface area contributed by atoms with E-state index in [2.05, 4.69) is 49.1 Å². The fourth-order valence-electron chi connectivity index (χ4n) is 4.17. The Bertz CT molecular complexity index is 1120. The number of pyridine rings is 1. The quantitative estimate of drug-likeness (QED) is 0.316. The highest BCUT2D eigenvalue weighted by Gasteiger charge is 2.24. The van der Waals surface area contributed by atoms with Gasteiger partial charge in [0, 0.05) is 30.8 Å². The molecule has 1 aliphatic carbocycles. The molecule has 0 saturated heterocycles. The van der Waals surface area contributed by atoms with Crippen LogP contribution in [0.15, 0.2) is 52.2 Å². The number of rotatable bonds is 8. The first kappa shape index (κ1) is 25.2. The van der Waals surface area contributed by atoms with Crippen LogP contribution in [-0.4, -0.2) is 33.9 Å². The molecule has 4 rings (SSSR count). The zero-order chi connectivity index (χ0) is 24.8. The molecule has 0 bridgehead atoms. The van der Waals surface area contributed by atoms with Crippen molar-refractivity contribution in [2.45, 2.75) is 81.8 Å². The smallest absolute Gasteiger partial charge is 0.287 e. The third-order valence-corrected chi connectivity index (χ3v) is 7.20. The van der Waals surface area contributed by atoms with Gasteiger partial charge in [0.1, 0.15) is 11.6 Å². The van der Waals surface area contributed by atoms with Gasteiger partial charge in [-0.05, 0) is 37.1 Å². The molecule has 186 valence electrons. The molecule has 0 spiro atoms. The Labute approximate surface area is 212 Å². The summed E-state index contributed by atoms with van der Waals surface area (Å²) in [7, 11) is 2.15. The second-order valence-electron chi connectivity index (χ2n) is 10.1. The van der Waals surface area contributed by atoms with Crippen LogP contribution in [0.4, 0.5) is 5.82 Å². The maximum atomic E-state index is 12.5. The number of furan rings is 1. The van der Waals surface area contributed by atoms with E-state index in [0.29, 0.717) is 29.9 Å². The van der Waals surface area contributed by atoms with E-state index in [1.165, 1.54) is 43.9 Å². The van der Waals surface area contributed by atoms with E-state index in [9.17, 15) is 4.79 Å². The molecule has 1 aliphatic rings. The van der Waals surface area contributed by atoms with Crippen LogP contribution < -0.4 is 10.2 Å². The highest BCUT2D eigenvalue weighted by molar-refractivity contribution is 7.98. The zero-order valence-corrected chi connectivity index (χ0v) is 21.9. The lowest BCUT2D eigenvalue weighted by atomic mass is 9.91. The van der Waals surface area contributed by atoms with E-state index in [-0.39, 0.29) is 11.3 Å². The lowest BCUT2D eigenvalue weighted by molar-refractivity contribution is 0.0921. The molecule has 1 N–H and O–H groups in total. The summed E-state index contributed by atoms with van der Waals surface area (Å²) in [5.74, 6) is 2.28. The van der Waals surface area contributed by atoms with Crippen molar-refractivity contribution >= 4 is 23.5 Å². The largest absolute Gasteiger partial charge is 0.455 e. The minimum absolute atomic E-state index is 0.0794. The van der Waals surface area contributed by atoms with E-state index >= 15 is 0 Å². The Morgan fingerprint density at radius 1 is 1.14 bits per heavy atom. The number of amides is 1. The summed E-state index contributed by atoms with van der Waals surface area (Å²) in [6.45, 7) is 6.89. The van der Waals surface area contributed by atoms with Crippen LogP contribution in [0.2, 0.25) is 0 Å². The topological polar surface area (TPSA) is 84.2 Å². The summed E-state index contributed by atoms with van der Waals surface area (Å²) in [6.07, 6.45) is 8.03. The first-order chi connectivity index (χ1) is 16.8. The van der Waals surface area contributed by atoms with Crippen molar-refractivity contribution in [2.75, 3.05) is 11.9 Å². The average molecular weight is 494 g/mol. The molecule has 1 fully saturated rings. The van der Waals surface area contributed by atoms with Gasteiger partial charge in [0.2, 0.25) is 0 Å². The molecule has 8 heteroatoms. The van der Waals surface area contributed by atoms with Gasteiger partial charge in [0.15, 0.2) is 10.9 Å². The molecule has 3 aromatic heterocycles. The van der Waals surface area contributed by atoms with Crippen molar-refractivity contribution in [2.24, 2.45) is 0 Å². The first-order valence-electron chi connectivity index (χ1n) is 12.3. The number of carbonyl (C=O) groups excluding carboxylic acids is 1. The molecule has 0 aromatic carbocycles. The number of aromatic nitrogens is 3. The van der Waals surface area contributed by atoms with Gasteiger partial charge in [-0.15, -0.1) is 0 Å². The minimum Gasteiger partial charge on any atom is -0.455 e. The molecule has 0 unspecified atom stereocenters. The van der Waals surface area contributed by atoms with Gasteiger partial charge < -0.3 is 14.6 Å². The van der Waals surface area contributed by atoms with Gasteiger partial charge in [-0.1, -0.05) is 57.9 Å². The van der Waals surface area contributed by atoms with E-state index in [4.69, 9.17) is 14.4 Å². The van der Waals surface area contributed by atoms with Crippen LogP contribution in [0.3, 0.4) is 0 Å². The molecular weight excluding hydrogens is 458 g/mol. The highest BCUT2D eigenvalue weighted by Crippen LogP contribution is 2.31. The van der Waals surface area contributed by atoms with Crippen LogP contribution in [0, 0.1) is 0 Å². The summed E-state index contributed by atoms with van der Waals surface area (Å²) < 4.78 is 5.81.